The predicted octanol–water partition coefficient (Wildman–Crippen LogP) is 3.68. The molecule has 1 aliphatic carbocycles. The summed E-state index contributed by atoms with van der Waals surface area (Å²) >= 11 is 0. The molecule has 15 heavy (non-hydrogen) atoms. The summed E-state index contributed by atoms with van der Waals surface area (Å²) in [4.78, 5) is 0. The van der Waals surface area contributed by atoms with E-state index in [1.54, 1.807) is 0 Å². The molecule has 86 valence electrons. The van der Waals surface area contributed by atoms with Crippen LogP contribution in [0, 0.1) is 5.92 Å². The highest BCUT2D eigenvalue weighted by molar-refractivity contribution is 5.02. The van der Waals surface area contributed by atoms with Crippen LogP contribution in [0.3, 0.4) is 0 Å². The molecular formula is C14H25N. The minimum absolute atomic E-state index is 0.990. The van der Waals surface area contributed by atoms with Gasteiger partial charge >= 0.3 is 0 Å². The molecule has 0 aliphatic heterocycles. The average molecular weight is 207 g/mol. The Hall–Kier alpha value is -0.560. The van der Waals surface area contributed by atoms with E-state index in [4.69, 9.17) is 0 Å². The lowest BCUT2D eigenvalue weighted by molar-refractivity contribution is 0.680. The van der Waals surface area contributed by atoms with E-state index in [0.717, 1.165) is 12.5 Å². The van der Waals surface area contributed by atoms with Gasteiger partial charge in [0.2, 0.25) is 0 Å². The number of rotatable bonds is 7. The summed E-state index contributed by atoms with van der Waals surface area (Å²) in [6.45, 7) is 8.83. The summed E-state index contributed by atoms with van der Waals surface area (Å²) in [5.74, 6) is 0.990. The zero-order valence-corrected chi connectivity index (χ0v) is 10.5. The molecule has 0 aromatic heterocycles. The van der Waals surface area contributed by atoms with Gasteiger partial charge in [-0.3, -0.25) is 0 Å². The zero-order chi connectivity index (χ0) is 11.1. The monoisotopic (exact) mass is 207 g/mol. The molecule has 0 atom stereocenters. The fourth-order valence-corrected chi connectivity index (χ4v) is 1.55. The van der Waals surface area contributed by atoms with Crippen LogP contribution in [0.5, 0.6) is 0 Å². The first kappa shape index (κ1) is 12.5. The van der Waals surface area contributed by atoms with Crippen LogP contribution < -0.4 is 5.32 Å². The molecule has 1 rings (SSSR count). The van der Waals surface area contributed by atoms with Gasteiger partial charge < -0.3 is 5.32 Å². The van der Waals surface area contributed by atoms with Crippen LogP contribution in [-0.2, 0) is 0 Å². The van der Waals surface area contributed by atoms with Crippen molar-refractivity contribution in [1.82, 2.24) is 5.32 Å². The summed E-state index contributed by atoms with van der Waals surface area (Å²) in [7, 11) is 0. The molecular weight excluding hydrogens is 182 g/mol. The van der Waals surface area contributed by atoms with Gasteiger partial charge in [0.1, 0.15) is 0 Å². The van der Waals surface area contributed by atoms with Gasteiger partial charge in [-0.25, -0.2) is 0 Å². The van der Waals surface area contributed by atoms with Crippen LogP contribution in [-0.4, -0.2) is 13.1 Å². The van der Waals surface area contributed by atoms with E-state index >= 15 is 0 Å². The molecule has 0 aromatic carbocycles. The molecule has 0 aromatic rings. The second kappa shape index (κ2) is 6.84. The Morgan fingerprint density at radius 3 is 2.53 bits per heavy atom. The van der Waals surface area contributed by atoms with Crippen molar-refractivity contribution in [1.29, 1.82) is 0 Å². The largest absolute Gasteiger partial charge is 0.313 e. The van der Waals surface area contributed by atoms with Gasteiger partial charge in [-0.1, -0.05) is 23.3 Å². The van der Waals surface area contributed by atoms with Crippen molar-refractivity contribution in [3.05, 3.63) is 23.3 Å². The summed E-state index contributed by atoms with van der Waals surface area (Å²) < 4.78 is 0. The first-order valence-corrected chi connectivity index (χ1v) is 6.18. The Morgan fingerprint density at radius 2 is 1.93 bits per heavy atom. The topological polar surface area (TPSA) is 12.0 Å². The van der Waals surface area contributed by atoms with Crippen molar-refractivity contribution in [3.8, 4) is 0 Å². The molecule has 0 bridgehead atoms. The molecule has 0 unspecified atom stereocenters. The Bertz CT molecular complexity index is 230. The fraction of sp³-hybridized carbons (Fsp3) is 0.714. The highest BCUT2D eigenvalue weighted by atomic mass is 14.9. The van der Waals surface area contributed by atoms with Gasteiger partial charge in [0.15, 0.2) is 0 Å². The quantitative estimate of drug-likeness (QED) is 0.496. The van der Waals surface area contributed by atoms with Crippen LogP contribution in [0.25, 0.3) is 0 Å². The Labute approximate surface area is 94.6 Å². The molecule has 0 spiro atoms. The maximum atomic E-state index is 3.49. The molecule has 0 amide bonds. The minimum Gasteiger partial charge on any atom is -0.313 e. The van der Waals surface area contributed by atoms with Crippen LogP contribution in [0.4, 0.5) is 0 Å². The SMILES string of the molecule is CC(C)=CCC/C(C)=C\CNCC1CC1. The van der Waals surface area contributed by atoms with Gasteiger partial charge in [0.25, 0.3) is 0 Å². The standard InChI is InChI=1S/C14H25N/c1-12(2)5-4-6-13(3)9-10-15-11-14-7-8-14/h5,9,14-15H,4,6-8,10-11H2,1-3H3/b13-9-. The van der Waals surface area contributed by atoms with E-state index in [1.165, 1.54) is 43.4 Å². The maximum absolute atomic E-state index is 3.49. The normalized spacial score (nSPS) is 16.6. The Balaban J connectivity index is 2.01. The van der Waals surface area contributed by atoms with Crippen molar-refractivity contribution in [3.63, 3.8) is 0 Å². The Morgan fingerprint density at radius 1 is 1.20 bits per heavy atom. The van der Waals surface area contributed by atoms with Gasteiger partial charge in [0, 0.05) is 6.54 Å². The van der Waals surface area contributed by atoms with Gasteiger partial charge in [0.05, 0.1) is 0 Å². The van der Waals surface area contributed by atoms with E-state index in [9.17, 15) is 0 Å². The number of nitrogens with one attached hydrogen (secondary N) is 1. The molecule has 1 heteroatoms. The third kappa shape index (κ3) is 7.38. The fourth-order valence-electron chi connectivity index (χ4n) is 1.55. The lowest BCUT2D eigenvalue weighted by Gasteiger charge is -2.01. The van der Waals surface area contributed by atoms with E-state index in [-0.39, 0.29) is 0 Å². The molecule has 0 saturated heterocycles. The van der Waals surface area contributed by atoms with E-state index in [2.05, 4.69) is 38.2 Å². The summed E-state index contributed by atoms with van der Waals surface area (Å²) in [5, 5.41) is 3.49. The van der Waals surface area contributed by atoms with E-state index < -0.39 is 0 Å². The first-order chi connectivity index (χ1) is 7.18. The van der Waals surface area contributed by atoms with Gasteiger partial charge in [-0.05, 0) is 58.9 Å². The second-order valence-electron chi connectivity index (χ2n) is 4.97. The average Bonchev–Trinajstić information content (AvgIpc) is 2.95. The molecule has 1 nitrogen and oxygen atoms in total. The van der Waals surface area contributed by atoms with Crippen molar-refractivity contribution in [2.45, 2.75) is 46.5 Å². The smallest absolute Gasteiger partial charge is 0.0137 e. The lowest BCUT2D eigenvalue weighted by Crippen LogP contribution is -2.16. The van der Waals surface area contributed by atoms with Crippen molar-refractivity contribution in [2.75, 3.05) is 13.1 Å². The number of allylic oxidation sites excluding steroid dienone is 3. The van der Waals surface area contributed by atoms with Crippen molar-refractivity contribution < 1.29 is 0 Å². The lowest BCUT2D eigenvalue weighted by atomic mass is 10.1. The molecule has 1 N–H and O–H groups in total. The number of hydrogen-bond acceptors (Lipinski definition) is 1. The minimum atomic E-state index is 0.990. The van der Waals surface area contributed by atoms with Gasteiger partial charge in [-0.15, -0.1) is 0 Å². The Kier molecular flexibility index (Phi) is 5.70. The van der Waals surface area contributed by atoms with Crippen LogP contribution in [0.1, 0.15) is 46.5 Å². The van der Waals surface area contributed by atoms with Crippen molar-refractivity contribution in [2.24, 2.45) is 5.92 Å². The van der Waals surface area contributed by atoms with Crippen LogP contribution >= 0.6 is 0 Å². The molecule has 0 heterocycles. The number of hydrogen-bond donors (Lipinski definition) is 1. The zero-order valence-electron chi connectivity index (χ0n) is 10.5. The van der Waals surface area contributed by atoms with Crippen LogP contribution in [0.15, 0.2) is 23.3 Å². The second-order valence-corrected chi connectivity index (χ2v) is 4.97. The first-order valence-electron chi connectivity index (χ1n) is 6.18. The third-order valence-electron chi connectivity index (χ3n) is 2.82. The predicted molar refractivity (Wildman–Crippen MR) is 68.0 cm³/mol. The van der Waals surface area contributed by atoms with Crippen LogP contribution in [0.2, 0.25) is 0 Å². The molecule has 1 saturated carbocycles. The third-order valence-corrected chi connectivity index (χ3v) is 2.82. The molecule has 0 radical (unpaired) electrons. The molecule has 1 aliphatic rings. The van der Waals surface area contributed by atoms with E-state index in [1.807, 2.05) is 0 Å². The maximum Gasteiger partial charge on any atom is 0.0137 e. The summed E-state index contributed by atoms with van der Waals surface area (Å²) in [5.41, 5.74) is 2.94. The highest BCUT2D eigenvalue weighted by Crippen LogP contribution is 2.27. The summed E-state index contributed by atoms with van der Waals surface area (Å²) in [6, 6.07) is 0. The van der Waals surface area contributed by atoms with E-state index in [0.29, 0.717) is 0 Å². The summed E-state index contributed by atoms with van der Waals surface area (Å²) in [6.07, 6.45) is 9.92. The van der Waals surface area contributed by atoms with Crippen molar-refractivity contribution >= 4 is 0 Å². The van der Waals surface area contributed by atoms with Gasteiger partial charge in [-0.2, -0.15) is 0 Å². The highest BCUT2D eigenvalue weighted by Gasteiger charge is 2.19. The molecule has 1 fully saturated rings.